The molecule has 1 aliphatic heterocycles. The van der Waals surface area contributed by atoms with Crippen LogP contribution in [0.1, 0.15) is 35.5 Å². The molecular weight excluding hydrogens is 432 g/mol. The zero-order valence-electron chi connectivity index (χ0n) is 17.9. The van der Waals surface area contributed by atoms with Gasteiger partial charge in [0.1, 0.15) is 23.0 Å². The standard InChI is InChI=1S/C23H21F2N5O3/c1-3-26-22(32)23(2,33)12-7-9-13(10-8-12)28-20-18-16(11-27-21(18)31)29-19(30-20)17-14(24)5-4-6-15(17)25/h4-10,33H,3,11H2,1-2H3,(H,26,32)(H,27,31)(H,28,29,30). The number of halogens is 2. The highest BCUT2D eigenvalue weighted by Gasteiger charge is 2.32. The van der Waals surface area contributed by atoms with Crippen molar-refractivity contribution in [3.05, 3.63) is 70.9 Å². The van der Waals surface area contributed by atoms with Crippen molar-refractivity contribution in [2.45, 2.75) is 26.0 Å². The smallest absolute Gasteiger partial charge is 0.257 e. The van der Waals surface area contributed by atoms with Crippen molar-refractivity contribution in [2.75, 3.05) is 11.9 Å². The molecule has 0 spiro atoms. The summed E-state index contributed by atoms with van der Waals surface area (Å²) in [7, 11) is 0. The number of carbonyl (C=O) groups excluding carboxylic acids is 2. The maximum absolute atomic E-state index is 14.3. The third-order valence-electron chi connectivity index (χ3n) is 5.30. The Labute approximate surface area is 188 Å². The summed E-state index contributed by atoms with van der Waals surface area (Å²) in [5.41, 5.74) is -0.805. The number of hydrogen-bond acceptors (Lipinski definition) is 6. The van der Waals surface area contributed by atoms with Crippen LogP contribution in [0.4, 0.5) is 20.3 Å². The lowest BCUT2D eigenvalue weighted by atomic mass is 9.95. The number of nitrogens with one attached hydrogen (secondary N) is 3. The molecule has 1 atom stereocenters. The molecule has 1 aromatic heterocycles. The van der Waals surface area contributed by atoms with Crippen LogP contribution in [0.2, 0.25) is 0 Å². The molecule has 0 saturated heterocycles. The van der Waals surface area contributed by atoms with E-state index < -0.39 is 34.6 Å². The molecule has 2 heterocycles. The maximum Gasteiger partial charge on any atom is 0.257 e. The van der Waals surface area contributed by atoms with E-state index in [0.717, 1.165) is 12.1 Å². The Kier molecular flexibility index (Phi) is 5.77. The molecule has 0 fully saturated rings. The van der Waals surface area contributed by atoms with Crippen molar-refractivity contribution in [1.29, 1.82) is 0 Å². The first-order chi connectivity index (χ1) is 15.7. The van der Waals surface area contributed by atoms with E-state index in [1.165, 1.54) is 13.0 Å². The SMILES string of the molecule is CCNC(=O)C(C)(O)c1ccc(Nc2nc(-c3c(F)cccc3F)nc3c2C(=O)NC3)cc1. The molecule has 0 saturated carbocycles. The Hall–Kier alpha value is -3.92. The molecule has 10 heteroatoms. The second-order valence-electron chi connectivity index (χ2n) is 7.63. The number of likely N-dealkylation sites (N-methyl/N-ethyl adjacent to an activating group) is 1. The second kappa shape index (κ2) is 8.55. The number of carbonyl (C=O) groups is 2. The van der Waals surface area contributed by atoms with Gasteiger partial charge in [-0.25, -0.2) is 18.7 Å². The maximum atomic E-state index is 14.3. The van der Waals surface area contributed by atoms with Crippen LogP contribution in [0, 0.1) is 11.6 Å². The molecule has 170 valence electrons. The summed E-state index contributed by atoms with van der Waals surface area (Å²) in [4.78, 5) is 32.9. The molecule has 4 rings (SSSR count). The average Bonchev–Trinajstić information content (AvgIpc) is 3.15. The number of nitrogens with zero attached hydrogens (tertiary/aromatic N) is 2. The van der Waals surface area contributed by atoms with Crippen molar-refractivity contribution in [2.24, 2.45) is 0 Å². The monoisotopic (exact) mass is 453 g/mol. The number of aliphatic hydroxyl groups is 1. The third kappa shape index (κ3) is 4.12. The van der Waals surface area contributed by atoms with Crippen LogP contribution in [-0.2, 0) is 16.9 Å². The Morgan fingerprint density at radius 1 is 1.12 bits per heavy atom. The van der Waals surface area contributed by atoms with Crippen LogP contribution in [0.15, 0.2) is 42.5 Å². The zero-order valence-corrected chi connectivity index (χ0v) is 17.9. The van der Waals surface area contributed by atoms with Gasteiger partial charge in [0.05, 0.1) is 17.8 Å². The van der Waals surface area contributed by atoms with Gasteiger partial charge in [-0.3, -0.25) is 9.59 Å². The molecule has 1 aliphatic rings. The molecule has 0 radical (unpaired) electrons. The van der Waals surface area contributed by atoms with Gasteiger partial charge in [-0.2, -0.15) is 0 Å². The number of benzene rings is 2. The van der Waals surface area contributed by atoms with Crippen molar-refractivity contribution in [3.8, 4) is 11.4 Å². The quantitative estimate of drug-likeness (QED) is 0.456. The number of rotatable bonds is 6. The fourth-order valence-electron chi connectivity index (χ4n) is 3.52. The lowest BCUT2D eigenvalue weighted by Gasteiger charge is -2.22. The predicted molar refractivity (Wildman–Crippen MR) is 117 cm³/mol. The molecule has 0 aliphatic carbocycles. The number of anilines is 2. The van der Waals surface area contributed by atoms with Crippen LogP contribution in [-0.4, -0.2) is 33.4 Å². The summed E-state index contributed by atoms with van der Waals surface area (Å²) in [6.07, 6.45) is 0. The van der Waals surface area contributed by atoms with Gasteiger partial charge in [0.2, 0.25) is 0 Å². The van der Waals surface area contributed by atoms with Gasteiger partial charge in [-0.05, 0) is 43.7 Å². The van der Waals surface area contributed by atoms with Gasteiger partial charge in [0.15, 0.2) is 11.4 Å². The Morgan fingerprint density at radius 2 is 1.79 bits per heavy atom. The number of fused-ring (bicyclic) bond motifs is 1. The summed E-state index contributed by atoms with van der Waals surface area (Å²) < 4.78 is 28.6. The summed E-state index contributed by atoms with van der Waals surface area (Å²) in [5.74, 6) is -2.71. The van der Waals surface area contributed by atoms with E-state index >= 15 is 0 Å². The van der Waals surface area contributed by atoms with Crippen LogP contribution >= 0.6 is 0 Å². The summed E-state index contributed by atoms with van der Waals surface area (Å²) >= 11 is 0. The highest BCUT2D eigenvalue weighted by molar-refractivity contribution is 6.03. The van der Waals surface area contributed by atoms with Crippen LogP contribution < -0.4 is 16.0 Å². The fourth-order valence-corrected chi connectivity index (χ4v) is 3.52. The Bertz CT molecular complexity index is 1230. The average molecular weight is 453 g/mol. The summed E-state index contributed by atoms with van der Waals surface area (Å²) in [5, 5.41) is 18.7. The topological polar surface area (TPSA) is 116 Å². The minimum Gasteiger partial charge on any atom is -0.376 e. The normalized spacial score (nSPS) is 14.3. The largest absolute Gasteiger partial charge is 0.376 e. The van der Waals surface area contributed by atoms with E-state index in [1.807, 2.05) is 0 Å². The molecule has 4 N–H and O–H groups in total. The first kappa shape index (κ1) is 22.3. The van der Waals surface area contributed by atoms with Crippen molar-refractivity contribution in [3.63, 3.8) is 0 Å². The number of aromatic nitrogens is 2. The Balaban J connectivity index is 1.71. The minimum absolute atomic E-state index is 0.0795. The zero-order chi connectivity index (χ0) is 23.8. The summed E-state index contributed by atoms with van der Waals surface area (Å²) in [6.45, 7) is 3.61. The second-order valence-corrected chi connectivity index (χ2v) is 7.63. The van der Waals surface area contributed by atoms with E-state index in [9.17, 15) is 23.5 Å². The summed E-state index contributed by atoms with van der Waals surface area (Å²) in [6, 6.07) is 9.73. The molecule has 2 aromatic carbocycles. The van der Waals surface area contributed by atoms with Gasteiger partial charge < -0.3 is 21.1 Å². The predicted octanol–water partition coefficient (Wildman–Crippen LogP) is 2.75. The van der Waals surface area contributed by atoms with Gasteiger partial charge in [0.25, 0.3) is 11.8 Å². The van der Waals surface area contributed by atoms with Crippen LogP contribution in [0.3, 0.4) is 0 Å². The highest BCUT2D eigenvalue weighted by Crippen LogP contribution is 2.31. The van der Waals surface area contributed by atoms with E-state index in [0.29, 0.717) is 23.5 Å². The fraction of sp³-hybridized carbons (Fsp3) is 0.217. The van der Waals surface area contributed by atoms with Crippen LogP contribution in [0.25, 0.3) is 11.4 Å². The Morgan fingerprint density at radius 3 is 2.42 bits per heavy atom. The molecule has 1 unspecified atom stereocenters. The lowest BCUT2D eigenvalue weighted by molar-refractivity contribution is -0.138. The van der Waals surface area contributed by atoms with Crippen molar-refractivity contribution < 1.29 is 23.5 Å². The van der Waals surface area contributed by atoms with Gasteiger partial charge >= 0.3 is 0 Å². The van der Waals surface area contributed by atoms with Gasteiger partial charge in [0, 0.05) is 12.2 Å². The molecule has 0 bridgehead atoms. The molecule has 2 amide bonds. The van der Waals surface area contributed by atoms with Gasteiger partial charge in [-0.15, -0.1) is 0 Å². The third-order valence-corrected chi connectivity index (χ3v) is 5.30. The lowest BCUT2D eigenvalue weighted by Crippen LogP contribution is -2.42. The van der Waals surface area contributed by atoms with Crippen LogP contribution in [0.5, 0.6) is 0 Å². The van der Waals surface area contributed by atoms with E-state index in [1.54, 1.807) is 31.2 Å². The first-order valence-corrected chi connectivity index (χ1v) is 10.2. The minimum atomic E-state index is -1.74. The van der Waals surface area contributed by atoms with Crippen molar-refractivity contribution >= 4 is 23.3 Å². The molecule has 8 nitrogen and oxygen atoms in total. The van der Waals surface area contributed by atoms with E-state index in [4.69, 9.17) is 0 Å². The first-order valence-electron chi connectivity index (χ1n) is 10.2. The number of amides is 2. The molecule has 3 aromatic rings. The van der Waals surface area contributed by atoms with Gasteiger partial charge in [-0.1, -0.05) is 18.2 Å². The molecule has 33 heavy (non-hydrogen) atoms. The van der Waals surface area contributed by atoms with E-state index in [2.05, 4.69) is 25.9 Å². The molecular formula is C23H21F2N5O3. The highest BCUT2D eigenvalue weighted by atomic mass is 19.1. The van der Waals surface area contributed by atoms with E-state index in [-0.39, 0.29) is 23.8 Å². The van der Waals surface area contributed by atoms with Crippen molar-refractivity contribution in [1.82, 2.24) is 20.6 Å². The number of hydrogen-bond donors (Lipinski definition) is 4.